The predicted molar refractivity (Wildman–Crippen MR) is 102 cm³/mol. The van der Waals surface area contributed by atoms with Gasteiger partial charge in [-0.15, -0.1) is 0 Å². The van der Waals surface area contributed by atoms with Gasteiger partial charge in [0.15, 0.2) is 0 Å². The molecule has 0 unspecified atom stereocenters. The molecule has 3 N–H and O–H groups in total. The number of nitrogens with zero attached hydrogens (tertiary/aromatic N) is 2. The van der Waals surface area contributed by atoms with Crippen LogP contribution in [0.1, 0.15) is 11.5 Å². The molecule has 1 aromatic carbocycles. The van der Waals surface area contributed by atoms with Gasteiger partial charge in [0.1, 0.15) is 10.5 Å². The molecular weight excluding hydrogens is 372 g/mol. The Labute approximate surface area is 157 Å². The predicted octanol–water partition coefficient (Wildman–Crippen LogP) is 2.58. The average Bonchev–Trinajstić information content (AvgIpc) is 3.28. The van der Waals surface area contributed by atoms with Gasteiger partial charge in [0.2, 0.25) is 10.0 Å². The van der Waals surface area contributed by atoms with Crippen molar-refractivity contribution in [3.8, 4) is 0 Å². The second-order valence-electron chi connectivity index (χ2n) is 6.50. The SMILES string of the molecule is NC[C@@H]1CN(S(=O)(=O)c2c[nH]c3nccc(Cl)c23)C[C@H]1c1ccccc1. The minimum atomic E-state index is -3.71. The molecular formula is C18H19ClN4O2S. The normalized spacial score (nSPS) is 21.5. The van der Waals surface area contributed by atoms with Crippen LogP contribution in [0.2, 0.25) is 5.02 Å². The molecule has 0 amide bonds. The monoisotopic (exact) mass is 390 g/mol. The Hall–Kier alpha value is -1.93. The number of H-pyrrole nitrogens is 1. The fraction of sp³-hybridized carbons (Fsp3) is 0.278. The lowest BCUT2D eigenvalue weighted by Crippen LogP contribution is -2.29. The molecule has 0 spiro atoms. The Balaban J connectivity index is 1.72. The average molecular weight is 391 g/mol. The van der Waals surface area contributed by atoms with Crippen LogP contribution in [0.3, 0.4) is 0 Å². The second kappa shape index (κ2) is 6.66. The number of rotatable bonds is 4. The quantitative estimate of drug-likeness (QED) is 0.716. The van der Waals surface area contributed by atoms with Gasteiger partial charge in [-0.2, -0.15) is 4.31 Å². The van der Waals surface area contributed by atoms with Gasteiger partial charge in [0.25, 0.3) is 0 Å². The number of aromatic nitrogens is 2. The van der Waals surface area contributed by atoms with Gasteiger partial charge in [-0.05, 0) is 24.1 Å². The maximum Gasteiger partial charge on any atom is 0.245 e. The molecule has 6 nitrogen and oxygen atoms in total. The minimum absolute atomic E-state index is 0.0750. The summed E-state index contributed by atoms with van der Waals surface area (Å²) in [6.45, 7) is 1.23. The molecule has 8 heteroatoms. The molecule has 26 heavy (non-hydrogen) atoms. The van der Waals surface area contributed by atoms with Crippen molar-refractivity contribution < 1.29 is 8.42 Å². The van der Waals surface area contributed by atoms with Crippen LogP contribution in [0.5, 0.6) is 0 Å². The molecule has 1 aliphatic heterocycles. The largest absolute Gasteiger partial charge is 0.345 e. The topological polar surface area (TPSA) is 92.1 Å². The summed E-state index contributed by atoms with van der Waals surface area (Å²) in [5.74, 6) is 0.153. The van der Waals surface area contributed by atoms with E-state index in [1.165, 1.54) is 10.5 Å². The van der Waals surface area contributed by atoms with Gasteiger partial charge in [-0.3, -0.25) is 0 Å². The van der Waals surface area contributed by atoms with Crippen LogP contribution in [0.4, 0.5) is 0 Å². The highest BCUT2D eigenvalue weighted by Gasteiger charge is 2.40. The molecule has 2 atom stereocenters. The van der Waals surface area contributed by atoms with Crippen molar-refractivity contribution in [1.29, 1.82) is 0 Å². The fourth-order valence-corrected chi connectivity index (χ4v) is 5.67. The molecule has 2 aromatic heterocycles. The van der Waals surface area contributed by atoms with Gasteiger partial charge >= 0.3 is 0 Å². The highest BCUT2D eigenvalue weighted by Crippen LogP contribution is 2.37. The first-order valence-corrected chi connectivity index (χ1v) is 10.2. The molecule has 1 aliphatic rings. The molecule has 3 aromatic rings. The van der Waals surface area contributed by atoms with Crippen LogP contribution in [-0.2, 0) is 10.0 Å². The number of pyridine rings is 1. The number of nitrogens with one attached hydrogen (secondary N) is 1. The third-order valence-electron chi connectivity index (χ3n) is 5.04. The maximum absolute atomic E-state index is 13.3. The number of nitrogens with two attached hydrogens (primary N) is 1. The van der Waals surface area contributed by atoms with E-state index in [4.69, 9.17) is 17.3 Å². The van der Waals surface area contributed by atoms with Crippen molar-refractivity contribution in [3.63, 3.8) is 0 Å². The molecule has 0 radical (unpaired) electrons. The van der Waals surface area contributed by atoms with Crippen LogP contribution in [0, 0.1) is 5.92 Å². The van der Waals surface area contributed by atoms with Crippen molar-refractivity contribution in [3.05, 3.63) is 59.4 Å². The van der Waals surface area contributed by atoms with Gasteiger partial charge in [-0.25, -0.2) is 13.4 Å². The molecule has 1 saturated heterocycles. The summed E-state index contributed by atoms with van der Waals surface area (Å²) >= 11 is 6.23. The molecule has 136 valence electrons. The van der Waals surface area contributed by atoms with Crippen LogP contribution in [0.25, 0.3) is 11.0 Å². The van der Waals surface area contributed by atoms with Gasteiger partial charge in [0, 0.05) is 31.4 Å². The van der Waals surface area contributed by atoms with Crippen LogP contribution < -0.4 is 5.73 Å². The Kier molecular flexibility index (Phi) is 4.48. The number of fused-ring (bicyclic) bond motifs is 1. The zero-order valence-corrected chi connectivity index (χ0v) is 15.5. The number of aromatic amines is 1. The highest BCUT2D eigenvalue weighted by molar-refractivity contribution is 7.89. The molecule has 3 heterocycles. The summed E-state index contributed by atoms with van der Waals surface area (Å²) in [5.41, 5.74) is 7.52. The molecule has 0 saturated carbocycles. The Morgan fingerprint density at radius 1 is 1.23 bits per heavy atom. The van der Waals surface area contributed by atoms with Crippen molar-refractivity contribution in [1.82, 2.24) is 14.3 Å². The number of sulfonamides is 1. The second-order valence-corrected chi connectivity index (χ2v) is 8.82. The highest BCUT2D eigenvalue weighted by atomic mass is 35.5. The first kappa shape index (κ1) is 17.5. The third-order valence-corrected chi connectivity index (χ3v) is 7.21. The third kappa shape index (κ3) is 2.81. The zero-order valence-electron chi connectivity index (χ0n) is 14.0. The van der Waals surface area contributed by atoms with E-state index in [0.717, 1.165) is 5.56 Å². The summed E-state index contributed by atoms with van der Waals surface area (Å²) in [7, 11) is -3.71. The van der Waals surface area contributed by atoms with E-state index >= 15 is 0 Å². The first-order valence-electron chi connectivity index (χ1n) is 8.39. The van der Waals surface area contributed by atoms with Gasteiger partial charge < -0.3 is 10.7 Å². The van der Waals surface area contributed by atoms with E-state index in [9.17, 15) is 8.42 Å². The number of benzene rings is 1. The fourth-order valence-electron chi connectivity index (χ4n) is 3.68. The van der Waals surface area contributed by atoms with E-state index < -0.39 is 10.0 Å². The zero-order chi connectivity index (χ0) is 18.3. The molecule has 1 fully saturated rings. The summed E-state index contributed by atoms with van der Waals surface area (Å²) in [6.07, 6.45) is 3.01. The van der Waals surface area contributed by atoms with E-state index in [1.54, 1.807) is 12.3 Å². The van der Waals surface area contributed by atoms with Crippen LogP contribution >= 0.6 is 11.6 Å². The van der Waals surface area contributed by atoms with E-state index in [-0.39, 0.29) is 16.7 Å². The van der Waals surface area contributed by atoms with E-state index in [2.05, 4.69) is 9.97 Å². The summed E-state index contributed by atoms with van der Waals surface area (Å²) in [4.78, 5) is 7.22. The number of hydrogen-bond donors (Lipinski definition) is 2. The van der Waals surface area contributed by atoms with E-state index in [1.807, 2.05) is 30.3 Å². The minimum Gasteiger partial charge on any atom is -0.345 e. The lowest BCUT2D eigenvalue weighted by atomic mass is 9.89. The number of hydrogen-bond acceptors (Lipinski definition) is 4. The summed E-state index contributed by atoms with van der Waals surface area (Å²) in [5, 5.41) is 0.797. The van der Waals surface area contributed by atoms with Crippen molar-refractivity contribution >= 4 is 32.7 Å². The lowest BCUT2D eigenvalue weighted by molar-refractivity contribution is 0.459. The van der Waals surface area contributed by atoms with Crippen LogP contribution in [-0.4, -0.2) is 42.3 Å². The molecule has 4 rings (SSSR count). The molecule has 0 aliphatic carbocycles. The Morgan fingerprint density at radius 3 is 2.73 bits per heavy atom. The molecule has 0 bridgehead atoms. The first-order chi connectivity index (χ1) is 12.5. The lowest BCUT2D eigenvalue weighted by Gasteiger charge is -2.16. The Bertz CT molecular complexity index is 1040. The smallest absolute Gasteiger partial charge is 0.245 e. The standard InChI is InChI=1S/C18H19ClN4O2S/c19-15-6-7-21-18-17(15)16(9-22-18)26(24,25)23-10-13(8-20)14(11-23)12-4-2-1-3-5-12/h1-7,9,13-14H,8,10-11,20H2,(H,21,22)/t13-,14+/m1/s1. The van der Waals surface area contributed by atoms with Gasteiger partial charge in [0.05, 0.1) is 10.4 Å². The van der Waals surface area contributed by atoms with Crippen LogP contribution in [0.15, 0.2) is 53.7 Å². The van der Waals surface area contributed by atoms with Crippen molar-refractivity contribution in [2.45, 2.75) is 10.8 Å². The van der Waals surface area contributed by atoms with Crippen molar-refractivity contribution in [2.24, 2.45) is 11.7 Å². The summed E-state index contributed by atoms with van der Waals surface area (Å²) < 4.78 is 28.1. The number of halogens is 1. The van der Waals surface area contributed by atoms with E-state index in [0.29, 0.717) is 35.7 Å². The van der Waals surface area contributed by atoms with Gasteiger partial charge in [-0.1, -0.05) is 41.9 Å². The van der Waals surface area contributed by atoms with Crippen molar-refractivity contribution in [2.75, 3.05) is 19.6 Å². The summed E-state index contributed by atoms with van der Waals surface area (Å²) in [6, 6.07) is 11.5. The maximum atomic E-state index is 13.3. The Morgan fingerprint density at radius 2 is 2.00 bits per heavy atom.